The average Bonchev–Trinajstić information content (AvgIpc) is 2.32. The second-order valence-electron chi connectivity index (χ2n) is 5.16. The lowest BCUT2D eigenvalue weighted by Crippen LogP contribution is -2.40. The molecule has 0 spiro atoms. The van der Waals surface area contributed by atoms with E-state index in [0.717, 1.165) is 26.0 Å². The summed E-state index contributed by atoms with van der Waals surface area (Å²) in [6, 6.07) is 2.31. The van der Waals surface area contributed by atoms with Crippen LogP contribution in [0.1, 0.15) is 40.5 Å². The maximum Gasteiger partial charge on any atom is 0.104 e. The van der Waals surface area contributed by atoms with Crippen LogP contribution in [-0.4, -0.2) is 38.5 Å². The SMILES string of the molecule is CCNC(C)(C#N)CCCOCCOCC(C)C. The largest absolute Gasteiger partial charge is 0.379 e. The molecule has 18 heavy (non-hydrogen) atoms. The first-order valence-corrected chi connectivity index (χ1v) is 6.86. The minimum Gasteiger partial charge on any atom is -0.379 e. The van der Waals surface area contributed by atoms with Gasteiger partial charge in [0.05, 0.1) is 19.3 Å². The van der Waals surface area contributed by atoms with E-state index in [-0.39, 0.29) is 0 Å². The van der Waals surface area contributed by atoms with E-state index < -0.39 is 5.54 Å². The van der Waals surface area contributed by atoms with Gasteiger partial charge in [-0.25, -0.2) is 0 Å². The summed E-state index contributed by atoms with van der Waals surface area (Å²) in [5.41, 5.74) is -0.424. The number of nitriles is 1. The van der Waals surface area contributed by atoms with Gasteiger partial charge in [0.25, 0.3) is 0 Å². The molecule has 0 aromatic rings. The van der Waals surface area contributed by atoms with Crippen LogP contribution in [0.2, 0.25) is 0 Å². The van der Waals surface area contributed by atoms with Crippen molar-refractivity contribution in [1.82, 2.24) is 5.32 Å². The van der Waals surface area contributed by atoms with Gasteiger partial charge in [0.1, 0.15) is 5.54 Å². The highest BCUT2D eigenvalue weighted by molar-refractivity contribution is 5.03. The van der Waals surface area contributed by atoms with Crippen LogP contribution in [0, 0.1) is 17.2 Å². The molecule has 1 unspecified atom stereocenters. The molecule has 0 radical (unpaired) electrons. The molecule has 1 atom stereocenters. The lowest BCUT2D eigenvalue weighted by Gasteiger charge is -2.22. The van der Waals surface area contributed by atoms with E-state index in [1.807, 2.05) is 13.8 Å². The van der Waals surface area contributed by atoms with Crippen molar-refractivity contribution in [3.63, 3.8) is 0 Å². The monoisotopic (exact) mass is 256 g/mol. The van der Waals surface area contributed by atoms with Crippen molar-refractivity contribution in [3.8, 4) is 6.07 Å². The molecule has 0 saturated heterocycles. The molecular formula is C14H28N2O2. The van der Waals surface area contributed by atoms with Crippen LogP contribution < -0.4 is 5.32 Å². The van der Waals surface area contributed by atoms with Gasteiger partial charge in [-0.05, 0) is 32.2 Å². The highest BCUT2D eigenvalue weighted by Gasteiger charge is 2.21. The molecular weight excluding hydrogens is 228 g/mol. The van der Waals surface area contributed by atoms with Crippen molar-refractivity contribution in [2.24, 2.45) is 5.92 Å². The molecule has 0 aliphatic rings. The van der Waals surface area contributed by atoms with Gasteiger partial charge in [-0.1, -0.05) is 20.8 Å². The molecule has 0 aromatic heterocycles. The van der Waals surface area contributed by atoms with E-state index in [0.29, 0.717) is 25.7 Å². The van der Waals surface area contributed by atoms with Crippen LogP contribution in [0.3, 0.4) is 0 Å². The van der Waals surface area contributed by atoms with E-state index in [9.17, 15) is 0 Å². The lowest BCUT2D eigenvalue weighted by molar-refractivity contribution is 0.0357. The second kappa shape index (κ2) is 10.3. The summed E-state index contributed by atoms with van der Waals surface area (Å²) in [5, 5.41) is 12.3. The molecule has 0 aliphatic carbocycles. The minimum absolute atomic E-state index is 0.424. The van der Waals surface area contributed by atoms with Gasteiger partial charge < -0.3 is 9.47 Å². The Hall–Kier alpha value is -0.630. The molecule has 0 aromatic carbocycles. The molecule has 0 heterocycles. The van der Waals surface area contributed by atoms with Gasteiger partial charge in [-0.15, -0.1) is 0 Å². The summed E-state index contributed by atoms with van der Waals surface area (Å²) in [6.07, 6.45) is 1.70. The van der Waals surface area contributed by atoms with Gasteiger partial charge in [0, 0.05) is 13.2 Å². The Bertz CT molecular complexity index is 238. The van der Waals surface area contributed by atoms with Gasteiger partial charge in [-0.2, -0.15) is 5.26 Å². The topological polar surface area (TPSA) is 54.3 Å². The van der Waals surface area contributed by atoms with E-state index in [1.165, 1.54) is 0 Å². The maximum atomic E-state index is 9.07. The Morgan fingerprint density at radius 2 is 1.89 bits per heavy atom. The molecule has 4 heteroatoms. The molecule has 0 fully saturated rings. The molecule has 106 valence electrons. The summed E-state index contributed by atoms with van der Waals surface area (Å²) >= 11 is 0. The Morgan fingerprint density at radius 1 is 1.22 bits per heavy atom. The lowest BCUT2D eigenvalue weighted by atomic mass is 9.98. The third-order valence-electron chi connectivity index (χ3n) is 2.60. The van der Waals surface area contributed by atoms with Crippen molar-refractivity contribution >= 4 is 0 Å². The molecule has 0 rings (SSSR count). The summed E-state index contributed by atoms with van der Waals surface area (Å²) in [5.74, 6) is 0.571. The van der Waals surface area contributed by atoms with Crippen LogP contribution in [0.15, 0.2) is 0 Å². The van der Waals surface area contributed by atoms with Crippen LogP contribution in [0.25, 0.3) is 0 Å². The first-order chi connectivity index (χ1) is 8.54. The zero-order chi connectivity index (χ0) is 13.9. The van der Waals surface area contributed by atoms with Crippen molar-refractivity contribution in [2.75, 3.05) is 33.0 Å². The molecule has 0 bridgehead atoms. The number of rotatable bonds is 11. The number of ether oxygens (including phenoxy) is 2. The Labute approximate surface area is 112 Å². The maximum absolute atomic E-state index is 9.07. The van der Waals surface area contributed by atoms with Crippen molar-refractivity contribution in [1.29, 1.82) is 5.26 Å². The van der Waals surface area contributed by atoms with Gasteiger partial charge in [0.15, 0.2) is 0 Å². The minimum atomic E-state index is -0.424. The molecule has 0 saturated carbocycles. The predicted molar refractivity (Wildman–Crippen MR) is 73.4 cm³/mol. The molecule has 1 N–H and O–H groups in total. The number of nitrogens with one attached hydrogen (secondary N) is 1. The highest BCUT2D eigenvalue weighted by Crippen LogP contribution is 2.10. The third kappa shape index (κ3) is 9.41. The van der Waals surface area contributed by atoms with E-state index in [2.05, 4.69) is 25.2 Å². The molecule has 0 amide bonds. The predicted octanol–water partition coefficient (Wildman–Crippen LogP) is 2.35. The second-order valence-corrected chi connectivity index (χ2v) is 5.16. The molecule has 0 aliphatic heterocycles. The van der Waals surface area contributed by atoms with Crippen molar-refractivity contribution < 1.29 is 9.47 Å². The summed E-state index contributed by atoms with van der Waals surface area (Å²) < 4.78 is 10.9. The average molecular weight is 256 g/mol. The third-order valence-corrected chi connectivity index (χ3v) is 2.60. The Kier molecular flexibility index (Phi) is 9.95. The van der Waals surface area contributed by atoms with Crippen LogP contribution in [0.5, 0.6) is 0 Å². The Morgan fingerprint density at radius 3 is 2.44 bits per heavy atom. The van der Waals surface area contributed by atoms with Crippen molar-refractivity contribution in [2.45, 2.75) is 46.1 Å². The zero-order valence-corrected chi connectivity index (χ0v) is 12.3. The smallest absolute Gasteiger partial charge is 0.104 e. The fourth-order valence-electron chi connectivity index (χ4n) is 1.64. The van der Waals surface area contributed by atoms with Crippen LogP contribution in [0.4, 0.5) is 0 Å². The molecule has 4 nitrogen and oxygen atoms in total. The van der Waals surface area contributed by atoms with Crippen LogP contribution >= 0.6 is 0 Å². The van der Waals surface area contributed by atoms with Crippen LogP contribution in [-0.2, 0) is 9.47 Å². The van der Waals surface area contributed by atoms with Crippen molar-refractivity contribution in [3.05, 3.63) is 0 Å². The van der Waals surface area contributed by atoms with Gasteiger partial charge in [0.2, 0.25) is 0 Å². The number of nitrogens with zero attached hydrogens (tertiary/aromatic N) is 1. The first-order valence-electron chi connectivity index (χ1n) is 6.86. The van der Waals surface area contributed by atoms with E-state index in [1.54, 1.807) is 0 Å². The Balaban J connectivity index is 3.42. The summed E-state index contributed by atoms with van der Waals surface area (Å²) in [7, 11) is 0. The standard InChI is InChI=1S/C14H28N2O2/c1-5-16-14(4,12-15)7-6-8-17-9-10-18-11-13(2)3/h13,16H,5-11H2,1-4H3. The number of hydrogen-bond donors (Lipinski definition) is 1. The summed E-state index contributed by atoms with van der Waals surface area (Å²) in [6.45, 7) is 11.8. The first kappa shape index (κ1) is 17.4. The zero-order valence-electron chi connectivity index (χ0n) is 12.3. The summed E-state index contributed by atoms with van der Waals surface area (Å²) in [4.78, 5) is 0. The van der Waals surface area contributed by atoms with E-state index >= 15 is 0 Å². The normalized spacial score (nSPS) is 14.4. The van der Waals surface area contributed by atoms with Gasteiger partial charge in [-0.3, -0.25) is 5.32 Å². The quantitative estimate of drug-likeness (QED) is 0.577. The van der Waals surface area contributed by atoms with Gasteiger partial charge >= 0.3 is 0 Å². The fraction of sp³-hybridized carbons (Fsp3) is 0.929. The van der Waals surface area contributed by atoms with E-state index in [4.69, 9.17) is 14.7 Å². The highest BCUT2D eigenvalue weighted by atomic mass is 16.5. The fourth-order valence-corrected chi connectivity index (χ4v) is 1.64. The number of hydrogen-bond acceptors (Lipinski definition) is 4.